The van der Waals surface area contributed by atoms with Crippen molar-refractivity contribution in [3.63, 3.8) is 0 Å². The number of carboxylic acid groups (broad SMARTS) is 1. The number of methoxy groups -OCH3 is 1. The Bertz CT molecular complexity index is 459. The molecule has 0 aliphatic heterocycles. The van der Waals surface area contributed by atoms with Gasteiger partial charge in [0.1, 0.15) is 5.75 Å². The van der Waals surface area contributed by atoms with Crippen LogP contribution in [0.4, 0.5) is 5.69 Å². The monoisotopic (exact) mass is 252 g/mol. The number of hydrogen-bond acceptors (Lipinski definition) is 4. The SMILES string of the molecule is CCc1cc(NC(=O)C(N)C(=O)O)ccc1OC. The van der Waals surface area contributed by atoms with E-state index in [2.05, 4.69) is 5.32 Å². The molecule has 1 unspecified atom stereocenters. The van der Waals surface area contributed by atoms with Gasteiger partial charge in [0.15, 0.2) is 6.04 Å². The highest BCUT2D eigenvalue weighted by Gasteiger charge is 2.21. The van der Waals surface area contributed by atoms with Crippen LogP contribution in [0.3, 0.4) is 0 Å². The molecule has 0 fully saturated rings. The minimum Gasteiger partial charge on any atom is -0.496 e. The molecule has 0 spiro atoms. The van der Waals surface area contributed by atoms with Gasteiger partial charge in [-0.15, -0.1) is 0 Å². The molecule has 1 rings (SSSR count). The minimum atomic E-state index is -1.57. The maximum absolute atomic E-state index is 11.5. The first-order valence-electron chi connectivity index (χ1n) is 5.45. The third kappa shape index (κ3) is 3.21. The van der Waals surface area contributed by atoms with Crippen LogP contribution in [0.25, 0.3) is 0 Å². The molecule has 1 amide bonds. The van der Waals surface area contributed by atoms with Crippen molar-refractivity contribution in [2.75, 3.05) is 12.4 Å². The third-order valence-electron chi connectivity index (χ3n) is 2.48. The quantitative estimate of drug-likeness (QED) is 0.666. The number of nitrogens with one attached hydrogen (secondary N) is 1. The van der Waals surface area contributed by atoms with Crippen LogP contribution in [-0.4, -0.2) is 30.1 Å². The van der Waals surface area contributed by atoms with E-state index in [1.54, 1.807) is 25.3 Å². The first kappa shape index (κ1) is 14.0. The van der Waals surface area contributed by atoms with Crippen LogP contribution in [0.1, 0.15) is 12.5 Å². The summed E-state index contributed by atoms with van der Waals surface area (Å²) in [6, 6.07) is 3.49. The maximum atomic E-state index is 11.5. The van der Waals surface area contributed by atoms with Crippen LogP contribution in [0.15, 0.2) is 18.2 Å². The molecule has 1 aromatic rings. The predicted molar refractivity (Wildman–Crippen MR) is 66.6 cm³/mol. The summed E-state index contributed by atoms with van der Waals surface area (Å²) in [6.45, 7) is 1.95. The summed E-state index contributed by atoms with van der Waals surface area (Å²) in [5, 5.41) is 11.1. The zero-order valence-electron chi connectivity index (χ0n) is 10.3. The van der Waals surface area contributed by atoms with Gasteiger partial charge in [0.25, 0.3) is 5.91 Å². The first-order valence-corrected chi connectivity index (χ1v) is 5.45. The molecule has 0 aliphatic carbocycles. The van der Waals surface area contributed by atoms with E-state index in [9.17, 15) is 9.59 Å². The average Bonchev–Trinajstić information content (AvgIpc) is 2.37. The van der Waals surface area contributed by atoms with Gasteiger partial charge in [0.05, 0.1) is 7.11 Å². The van der Waals surface area contributed by atoms with Crippen LogP contribution >= 0.6 is 0 Å². The number of ether oxygens (including phenoxy) is 1. The maximum Gasteiger partial charge on any atom is 0.330 e. The largest absolute Gasteiger partial charge is 0.496 e. The molecule has 18 heavy (non-hydrogen) atoms. The molecular formula is C12H16N2O4. The molecule has 0 aromatic heterocycles. The first-order chi connectivity index (χ1) is 8.49. The zero-order chi connectivity index (χ0) is 13.7. The molecule has 0 aliphatic rings. The Balaban J connectivity index is 2.86. The number of aliphatic carboxylic acids is 1. The number of carbonyl (C=O) groups is 2. The molecule has 98 valence electrons. The van der Waals surface area contributed by atoms with Crippen molar-refractivity contribution in [2.45, 2.75) is 19.4 Å². The standard InChI is InChI=1S/C12H16N2O4/c1-3-7-6-8(4-5-9(7)18-2)14-11(15)10(13)12(16)17/h4-6,10H,3,13H2,1-2H3,(H,14,15)(H,16,17). The van der Waals surface area contributed by atoms with E-state index < -0.39 is 17.9 Å². The van der Waals surface area contributed by atoms with Crippen molar-refractivity contribution in [1.82, 2.24) is 0 Å². The smallest absolute Gasteiger partial charge is 0.330 e. The van der Waals surface area contributed by atoms with Gasteiger partial charge in [0, 0.05) is 5.69 Å². The number of amides is 1. The topological polar surface area (TPSA) is 102 Å². The number of aryl methyl sites for hydroxylation is 1. The number of rotatable bonds is 5. The summed E-state index contributed by atoms with van der Waals surface area (Å²) < 4.78 is 5.15. The lowest BCUT2D eigenvalue weighted by atomic mass is 10.1. The van der Waals surface area contributed by atoms with Gasteiger partial charge in [-0.3, -0.25) is 4.79 Å². The van der Waals surface area contributed by atoms with Gasteiger partial charge in [-0.05, 0) is 30.2 Å². The zero-order valence-corrected chi connectivity index (χ0v) is 10.3. The summed E-state index contributed by atoms with van der Waals surface area (Å²) in [5.74, 6) is -1.40. The van der Waals surface area contributed by atoms with Gasteiger partial charge in [-0.2, -0.15) is 0 Å². The molecule has 4 N–H and O–H groups in total. The number of nitrogens with two attached hydrogens (primary N) is 1. The Morgan fingerprint density at radius 3 is 2.67 bits per heavy atom. The fraction of sp³-hybridized carbons (Fsp3) is 0.333. The summed E-state index contributed by atoms with van der Waals surface area (Å²) >= 11 is 0. The van der Waals surface area contributed by atoms with Crippen LogP contribution in [-0.2, 0) is 16.0 Å². The molecule has 1 aromatic carbocycles. The van der Waals surface area contributed by atoms with Crippen molar-refractivity contribution < 1.29 is 19.4 Å². The van der Waals surface area contributed by atoms with E-state index in [0.29, 0.717) is 5.69 Å². The number of anilines is 1. The van der Waals surface area contributed by atoms with E-state index in [0.717, 1.165) is 17.7 Å². The fourth-order valence-electron chi connectivity index (χ4n) is 1.46. The van der Waals surface area contributed by atoms with E-state index in [1.165, 1.54) is 0 Å². The van der Waals surface area contributed by atoms with Crippen molar-refractivity contribution in [3.05, 3.63) is 23.8 Å². The molecule has 1 atom stereocenters. The Labute approximate surface area is 105 Å². The van der Waals surface area contributed by atoms with Crippen LogP contribution in [0, 0.1) is 0 Å². The molecule has 6 nitrogen and oxygen atoms in total. The lowest BCUT2D eigenvalue weighted by molar-refractivity contribution is -0.141. The van der Waals surface area contributed by atoms with Gasteiger partial charge >= 0.3 is 5.97 Å². The second-order valence-corrected chi connectivity index (χ2v) is 3.69. The summed E-state index contributed by atoms with van der Waals surface area (Å²) in [4.78, 5) is 22.0. The molecular weight excluding hydrogens is 236 g/mol. The second-order valence-electron chi connectivity index (χ2n) is 3.69. The van der Waals surface area contributed by atoms with Crippen molar-refractivity contribution in [1.29, 1.82) is 0 Å². The molecule has 0 radical (unpaired) electrons. The van der Waals surface area contributed by atoms with Crippen LogP contribution in [0.5, 0.6) is 5.75 Å². The molecule has 6 heteroatoms. The number of carbonyl (C=O) groups excluding carboxylic acids is 1. The Morgan fingerprint density at radius 2 is 2.17 bits per heavy atom. The second kappa shape index (κ2) is 6.02. The lowest BCUT2D eigenvalue weighted by Crippen LogP contribution is -2.42. The molecule has 0 bridgehead atoms. The number of benzene rings is 1. The van der Waals surface area contributed by atoms with Gasteiger partial charge in [-0.25, -0.2) is 4.79 Å². The number of carboxylic acids is 1. The van der Waals surface area contributed by atoms with E-state index >= 15 is 0 Å². The van der Waals surface area contributed by atoms with Gasteiger partial charge in [-0.1, -0.05) is 6.92 Å². The van der Waals surface area contributed by atoms with Crippen molar-refractivity contribution in [3.8, 4) is 5.75 Å². The van der Waals surface area contributed by atoms with E-state index in [-0.39, 0.29) is 0 Å². The molecule has 0 saturated carbocycles. The van der Waals surface area contributed by atoms with Crippen molar-refractivity contribution >= 4 is 17.6 Å². The Morgan fingerprint density at radius 1 is 1.50 bits per heavy atom. The average molecular weight is 252 g/mol. The molecule has 0 saturated heterocycles. The highest BCUT2D eigenvalue weighted by atomic mass is 16.5. The van der Waals surface area contributed by atoms with Crippen LogP contribution in [0.2, 0.25) is 0 Å². The Kier molecular flexibility index (Phi) is 4.67. The fourth-order valence-corrected chi connectivity index (χ4v) is 1.46. The summed E-state index contributed by atoms with van der Waals surface area (Å²) in [7, 11) is 1.56. The highest BCUT2D eigenvalue weighted by molar-refractivity contribution is 6.07. The third-order valence-corrected chi connectivity index (χ3v) is 2.48. The molecule has 0 heterocycles. The summed E-state index contributed by atoms with van der Waals surface area (Å²) in [5.41, 5.74) is 6.61. The predicted octanol–water partition coefficient (Wildman–Crippen LogP) is 0.608. The van der Waals surface area contributed by atoms with E-state index in [1.807, 2.05) is 6.92 Å². The Hall–Kier alpha value is -2.08. The van der Waals surface area contributed by atoms with Crippen molar-refractivity contribution in [2.24, 2.45) is 5.73 Å². The highest BCUT2D eigenvalue weighted by Crippen LogP contribution is 2.23. The van der Waals surface area contributed by atoms with E-state index in [4.69, 9.17) is 15.6 Å². The summed E-state index contributed by atoms with van der Waals surface area (Å²) in [6.07, 6.45) is 0.734. The number of hydrogen-bond donors (Lipinski definition) is 3. The lowest BCUT2D eigenvalue weighted by Gasteiger charge is -2.11. The van der Waals surface area contributed by atoms with Gasteiger partial charge < -0.3 is 20.9 Å². The van der Waals surface area contributed by atoms with Crippen LogP contribution < -0.4 is 15.8 Å². The minimum absolute atomic E-state index is 0.495. The normalized spacial score (nSPS) is 11.7. The van der Waals surface area contributed by atoms with Gasteiger partial charge in [0.2, 0.25) is 0 Å².